The number of rotatable bonds is 8. The zero-order chi connectivity index (χ0) is 15.5. The Morgan fingerprint density at radius 2 is 2.14 bits per heavy atom. The lowest BCUT2D eigenvalue weighted by molar-refractivity contribution is -0.119. The normalized spacial score (nSPS) is 10.8. The fourth-order valence-corrected chi connectivity index (χ4v) is 1.77. The van der Waals surface area contributed by atoms with E-state index in [1.165, 1.54) is 0 Å². The molecule has 22 heavy (non-hydrogen) atoms. The predicted octanol–water partition coefficient (Wildman–Crippen LogP) is 2.21. The van der Waals surface area contributed by atoms with Gasteiger partial charge in [0.2, 0.25) is 5.91 Å². The van der Waals surface area contributed by atoms with Crippen molar-refractivity contribution < 1.29 is 9.21 Å². The van der Waals surface area contributed by atoms with Crippen LogP contribution in [-0.2, 0) is 11.3 Å². The van der Waals surface area contributed by atoms with Crippen molar-refractivity contribution in [1.29, 1.82) is 0 Å². The van der Waals surface area contributed by atoms with Gasteiger partial charge in [0.1, 0.15) is 12.3 Å². The summed E-state index contributed by atoms with van der Waals surface area (Å²) in [5.74, 6) is 1.38. The van der Waals surface area contributed by atoms with E-state index < -0.39 is 0 Å². The molecule has 0 aliphatic rings. The van der Waals surface area contributed by atoms with E-state index >= 15 is 0 Å². The quantitative estimate of drug-likeness (QED) is 0.383. The molecular formula is C15H27IN4O2. The second-order valence-electron chi connectivity index (χ2n) is 4.80. The highest BCUT2D eigenvalue weighted by Gasteiger charge is 2.07. The van der Waals surface area contributed by atoms with Gasteiger partial charge in [0.05, 0.1) is 12.8 Å². The zero-order valence-electron chi connectivity index (χ0n) is 13.6. The third kappa shape index (κ3) is 8.26. The molecule has 0 fully saturated rings. The maximum absolute atomic E-state index is 11.8. The Bertz CT molecular complexity index is 435. The van der Waals surface area contributed by atoms with Crippen molar-refractivity contribution in [2.24, 2.45) is 4.99 Å². The Kier molecular flexibility index (Phi) is 11.6. The van der Waals surface area contributed by atoms with Crippen LogP contribution >= 0.6 is 24.0 Å². The summed E-state index contributed by atoms with van der Waals surface area (Å²) in [4.78, 5) is 18.2. The van der Waals surface area contributed by atoms with Gasteiger partial charge in [-0.05, 0) is 25.5 Å². The van der Waals surface area contributed by atoms with Crippen LogP contribution in [0, 0.1) is 0 Å². The maximum atomic E-state index is 11.8. The fraction of sp³-hybridized carbons (Fsp3) is 0.600. The molecule has 7 heteroatoms. The third-order valence-electron chi connectivity index (χ3n) is 2.96. The van der Waals surface area contributed by atoms with Gasteiger partial charge in [0.15, 0.2) is 5.96 Å². The highest BCUT2D eigenvalue weighted by molar-refractivity contribution is 14.0. The van der Waals surface area contributed by atoms with Gasteiger partial charge in [0, 0.05) is 20.1 Å². The van der Waals surface area contributed by atoms with Crippen molar-refractivity contribution in [3.05, 3.63) is 24.2 Å². The van der Waals surface area contributed by atoms with Gasteiger partial charge in [-0.2, -0.15) is 0 Å². The van der Waals surface area contributed by atoms with Crippen LogP contribution in [0.4, 0.5) is 0 Å². The lowest BCUT2D eigenvalue weighted by Gasteiger charge is -2.21. The number of carbonyl (C=O) groups is 1. The van der Waals surface area contributed by atoms with Crippen molar-refractivity contribution in [3.8, 4) is 0 Å². The van der Waals surface area contributed by atoms with E-state index in [0.29, 0.717) is 6.54 Å². The highest BCUT2D eigenvalue weighted by atomic mass is 127. The largest absolute Gasteiger partial charge is 0.467 e. The minimum absolute atomic E-state index is 0. The molecule has 1 aromatic rings. The molecule has 0 aliphatic carbocycles. The monoisotopic (exact) mass is 422 g/mol. The molecular weight excluding hydrogens is 395 g/mol. The number of carbonyl (C=O) groups excluding carboxylic acids is 1. The van der Waals surface area contributed by atoms with Gasteiger partial charge in [-0.1, -0.05) is 13.3 Å². The highest BCUT2D eigenvalue weighted by Crippen LogP contribution is 1.98. The van der Waals surface area contributed by atoms with Crippen LogP contribution in [0.3, 0.4) is 0 Å². The molecule has 1 rings (SSSR count). The van der Waals surface area contributed by atoms with Crippen LogP contribution in [0.15, 0.2) is 27.8 Å². The van der Waals surface area contributed by atoms with Crippen LogP contribution in [-0.4, -0.2) is 43.4 Å². The second kappa shape index (κ2) is 12.3. The first-order valence-corrected chi connectivity index (χ1v) is 7.45. The second-order valence-corrected chi connectivity index (χ2v) is 4.80. The van der Waals surface area contributed by atoms with E-state index in [4.69, 9.17) is 4.42 Å². The third-order valence-corrected chi connectivity index (χ3v) is 2.96. The standard InChI is InChI=1S/C15H26N4O2.HI/c1-4-6-9-19(3)15(16-5-2)18-12-14(20)17-11-13-8-7-10-21-13;/h7-8,10H,4-6,9,11-12H2,1-3H3,(H,16,18)(H,17,20);1H. The molecule has 0 saturated heterocycles. The van der Waals surface area contributed by atoms with E-state index in [1.54, 1.807) is 12.3 Å². The number of amides is 1. The Balaban J connectivity index is 0.00000441. The molecule has 0 saturated carbocycles. The van der Waals surface area contributed by atoms with Crippen molar-refractivity contribution in [3.63, 3.8) is 0 Å². The number of halogens is 1. The minimum Gasteiger partial charge on any atom is -0.467 e. The summed E-state index contributed by atoms with van der Waals surface area (Å²) in [6.07, 6.45) is 3.82. The predicted molar refractivity (Wildman–Crippen MR) is 99.5 cm³/mol. The Hall–Kier alpha value is -1.25. The van der Waals surface area contributed by atoms with Gasteiger partial charge in [-0.25, -0.2) is 4.99 Å². The maximum Gasteiger partial charge on any atom is 0.242 e. The van der Waals surface area contributed by atoms with Gasteiger partial charge in [0.25, 0.3) is 0 Å². The van der Waals surface area contributed by atoms with Gasteiger partial charge >= 0.3 is 0 Å². The molecule has 0 radical (unpaired) electrons. The molecule has 0 aromatic carbocycles. The molecule has 0 spiro atoms. The van der Waals surface area contributed by atoms with E-state index in [0.717, 1.165) is 37.7 Å². The van der Waals surface area contributed by atoms with Crippen LogP contribution in [0.5, 0.6) is 0 Å². The summed E-state index contributed by atoms with van der Waals surface area (Å²) in [6.45, 7) is 6.38. The minimum atomic E-state index is -0.120. The first-order chi connectivity index (χ1) is 10.2. The average molecular weight is 422 g/mol. The number of hydrogen-bond donors (Lipinski definition) is 2. The molecule has 1 amide bonds. The first kappa shape index (κ1) is 20.8. The summed E-state index contributed by atoms with van der Waals surface area (Å²) < 4.78 is 5.16. The van der Waals surface area contributed by atoms with Crippen LogP contribution < -0.4 is 10.6 Å². The molecule has 1 heterocycles. The molecule has 1 aromatic heterocycles. The topological polar surface area (TPSA) is 69.9 Å². The van der Waals surface area contributed by atoms with E-state index in [1.807, 2.05) is 24.9 Å². The molecule has 0 atom stereocenters. The molecule has 6 nitrogen and oxygen atoms in total. The summed E-state index contributed by atoms with van der Waals surface area (Å²) >= 11 is 0. The smallest absolute Gasteiger partial charge is 0.242 e. The zero-order valence-corrected chi connectivity index (χ0v) is 15.9. The van der Waals surface area contributed by atoms with Crippen LogP contribution in [0.25, 0.3) is 0 Å². The van der Waals surface area contributed by atoms with Crippen LogP contribution in [0.1, 0.15) is 32.4 Å². The first-order valence-electron chi connectivity index (χ1n) is 7.45. The molecule has 2 N–H and O–H groups in total. The lowest BCUT2D eigenvalue weighted by atomic mass is 10.3. The van der Waals surface area contributed by atoms with Gasteiger partial charge in [-0.15, -0.1) is 24.0 Å². The number of nitrogens with zero attached hydrogens (tertiary/aromatic N) is 2. The number of unbranched alkanes of at least 4 members (excludes halogenated alkanes) is 1. The molecule has 0 aliphatic heterocycles. The SMILES string of the molecule is CCCCN(C)C(=NCC(=O)NCc1ccco1)NCC.I. The average Bonchev–Trinajstić information content (AvgIpc) is 3.00. The Morgan fingerprint density at radius 1 is 1.36 bits per heavy atom. The lowest BCUT2D eigenvalue weighted by Crippen LogP contribution is -2.40. The number of furan rings is 1. The number of guanidine groups is 1. The van der Waals surface area contributed by atoms with Crippen molar-refractivity contribution in [2.75, 3.05) is 26.7 Å². The summed E-state index contributed by atoms with van der Waals surface area (Å²) in [5, 5.41) is 5.97. The van der Waals surface area contributed by atoms with E-state index in [9.17, 15) is 4.79 Å². The van der Waals surface area contributed by atoms with Crippen molar-refractivity contribution in [1.82, 2.24) is 15.5 Å². The molecule has 126 valence electrons. The Morgan fingerprint density at radius 3 is 2.73 bits per heavy atom. The van der Waals surface area contributed by atoms with Crippen molar-refractivity contribution in [2.45, 2.75) is 33.2 Å². The fourth-order valence-electron chi connectivity index (χ4n) is 1.77. The molecule has 0 unspecified atom stereocenters. The number of hydrogen-bond acceptors (Lipinski definition) is 3. The summed E-state index contributed by atoms with van der Waals surface area (Å²) in [7, 11) is 1.98. The number of nitrogens with one attached hydrogen (secondary N) is 2. The van der Waals surface area contributed by atoms with Gasteiger partial charge in [-0.3, -0.25) is 4.79 Å². The Labute approximate surface area is 149 Å². The summed E-state index contributed by atoms with van der Waals surface area (Å²) in [6, 6.07) is 3.62. The van der Waals surface area contributed by atoms with E-state index in [-0.39, 0.29) is 36.4 Å². The molecule has 0 bridgehead atoms. The van der Waals surface area contributed by atoms with Gasteiger partial charge < -0.3 is 20.0 Å². The summed E-state index contributed by atoms with van der Waals surface area (Å²) in [5.41, 5.74) is 0. The van der Waals surface area contributed by atoms with Crippen molar-refractivity contribution >= 4 is 35.8 Å². The van der Waals surface area contributed by atoms with E-state index in [2.05, 4.69) is 22.5 Å². The van der Waals surface area contributed by atoms with Crippen LogP contribution in [0.2, 0.25) is 0 Å². The number of aliphatic imine (C=N–C) groups is 1.